The Morgan fingerprint density at radius 3 is 2.65 bits per heavy atom. The summed E-state index contributed by atoms with van der Waals surface area (Å²) in [5.74, 6) is 0.898. The lowest BCUT2D eigenvalue weighted by molar-refractivity contribution is -0.126. The van der Waals surface area contributed by atoms with Crippen LogP contribution in [-0.4, -0.2) is 56.6 Å². The van der Waals surface area contributed by atoms with Crippen molar-refractivity contribution >= 4 is 21.7 Å². The minimum absolute atomic E-state index is 0.0100. The van der Waals surface area contributed by atoms with Crippen molar-refractivity contribution in [3.05, 3.63) is 23.9 Å². The van der Waals surface area contributed by atoms with Gasteiger partial charge in [-0.2, -0.15) is 0 Å². The van der Waals surface area contributed by atoms with Gasteiger partial charge in [-0.05, 0) is 25.3 Å². The summed E-state index contributed by atoms with van der Waals surface area (Å²) in [4.78, 5) is 18.7. The predicted molar refractivity (Wildman–Crippen MR) is 103 cm³/mol. The van der Waals surface area contributed by atoms with Gasteiger partial charge in [0.2, 0.25) is 15.9 Å². The highest BCUT2D eigenvalue weighted by Crippen LogP contribution is 2.21. The molecule has 146 valence electrons. The molecule has 0 bridgehead atoms. The monoisotopic (exact) mass is 382 g/mol. The Bertz CT molecular complexity index is 698. The molecule has 1 aromatic rings. The molecule has 1 aliphatic rings. The average molecular weight is 383 g/mol. The summed E-state index contributed by atoms with van der Waals surface area (Å²) < 4.78 is 26.0. The number of carbonyl (C=O) groups excluding carboxylic acids is 1. The normalized spacial score (nSPS) is 16.4. The maximum Gasteiger partial charge on any atom is 0.223 e. The van der Waals surface area contributed by atoms with Gasteiger partial charge in [0.15, 0.2) is 0 Å². The molecule has 2 rings (SSSR count). The van der Waals surface area contributed by atoms with Gasteiger partial charge in [-0.25, -0.2) is 17.7 Å². The van der Waals surface area contributed by atoms with Gasteiger partial charge in [0, 0.05) is 51.4 Å². The molecular formula is C18H30N4O3S. The Morgan fingerprint density at radius 1 is 1.35 bits per heavy atom. The van der Waals surface area contributed by atoms with Crippen molar-refractivity contribution in [2.45, 2.75) is 39.2 Å². The third-order valence-corrected chi connectivity index (χ3v) is 6.67. The second-order valence-corrected chi connectivity index (χ2v) is 9.03. The summed E-state index contributed by atoms with van der Waals surface area (Å²) in [7, 11) is 0.661. The number of nitrogens with zero attached hydrogens (tertiary/aromatic N) is 3. The third kappa shape index (κ3) is 5.41. The Morgan fingerprint density at radius 2 is 2.04 bits per heavy atom. The van der Waals surface area contributed by atoms with Crippen LogP contribution < -0.4 is 10.2 Å². The van der Waals surface area contributed by atoms with Crippen molar-refractivity contribution in [2.24, 2.45) is 5.92 Å². The molecule has 1 aromatic heterocycles. The van der Waals surface area contributed by atoms with Crippen molar-refractivity contribution in [1.82, 2.24) is 14.6 Å². The van der Waals surface area contributed by atoms with E-state index in [1.807, 2.05) is 38.1 Å². The lowest BCUT2D eigenvalue weighted by Gasteiger charge is -2.30. The minimum atomic E-state index is -3.18. The predicted octanol–water partition coefficient (Wildman–Crippen LogP) is 1.61. The number of nitrogens with one attached hydrogen (secondary N) is 1. The SMILES string of the molecule is CCCCS(=O)(=O)N1CCC(C(=O)NCc2cccnc2N(C)C)CC1. The van der Waals surface area contributed by atoms with E-state index in [-0.39, 0.29) is 17.6 Å². The highest BCUT2D eigenvalue weighted by atomic mass is 32.2. The van der Waals surface area contributed by atoms with Crippen molar-refractivity contribution < 1.29 is 13.2 Å². The van der Waals surface area contributed by atoms with Crippen LogP contribution in [-0.2, 0) is 21.4 Å². The zero-order valence-corrected chi connectivity index (χ0v) is 16.8. The van der Waals surface area contributed by atoms with Crippen molar-refractivity contribution in [3.8, 4) is 0 Å². The molecule has 7 nitrogen and oxygen atoms in total. The molecule has 1 N–H and O–H groups in total. The van der Waals surface area contributed by atoms with Crippen LogP contribution in [0.1, 0.15) is 38.2 Å². The molecule has 0 spiro atoms. The molecule has 0 saturated carbocycles. The zero-order chi connectivity index (χ0) is 19.2. The Kier molecular flexibility index (Phi) is 7.40. The van der Waals surface area contributed by atoms with Crippen LogP contribution in [0.4, 0.5) is 5.82 Å². The number of piperidine rings is 1. The number of anilines is 1. The minimum Gasteiger partial charge on any atom is -0.362 e. The van der Waals surface area contributed by atoms with Gasteiger partial charge in [-0.1, -0.05) is 19.4 Å². The van der Waals surface area contributed by atoms with Gasteiger partial charge in [-0.15, -0.1) is 0 Å². The zero-order valence-electron chi connectivity index (χ0n) is 15.9. The number of carbonyl (C=O) groups is 1. The molecule has 0 aromatic carbocycles. The fraction of sp³-hybridized carbons (Fsp3) is 0.667. The van der Waals surface area contributed by atoms with Gasteiger partial charge < -0.3 is 10.2 Å². The molecule has 0 aliphatic carbocycles. The molecule has 0 atom stereocenters. The Balaban J connectivity index is 1.86. The topological polar surface area (TPSA) is 82.6 Å². The molecule has 0 radical (unpaired) electrons. The third-order valence-electron chi connectivity index (χ3n) is 4.72. The number of pyridine rings is 1. The van der Waals surface area contributed by atoms with Gasteiger partial charge >= 0.3 is 0 Å². The summed E-state index contributed by atoms with van der Waals surface area (Å²) in [5.41, 5.74) is 0.963. The number of sulfonamides is 1. The van der Waals surface area contributed by atoms with E-state index in [1.165, 1.54) is 4.31 Å². The quantitative estimate of drug-likeness (QED) is 0.738. The van der Waals surface area contributed by atoms with E-state index in [1.54, 1.807) is 6.20 Å². The highest BCUT2D eigenvalue weighted by molar-refractivity contribution is 7.89. The number of unbranched alkanes of at least 4 members (excludes halogenated alkanes) is 1. The lowest BCUT2D eigenvalue weighted by Crippen LogP contribution is -2.43. The largest absolute Gasteiger partial charge is 0.362 e. The number of hydrogen-bond donors (Lipinski definition) is 1. The van der Waals surface area contributed by atoms with Crippen molar-refractivity contribution in [1.29, 1.82) is 0 Å². The van der Waals surface area contributed by atoms with Crippen LogP contribution in [0.25, 0.3) is 0 Å². The Labute approximate surface area is 156 Å². The van der Waals surface area contributed by atoms with Crippen LogP contribution in [0.2, 0.25) is 0 Å². The van der Waals surface area contributed by atoms with E-state index in [0.717, 1.165) is 17.8 Å². The first kappa shape index (κ1) is 20.6. The van der Waals surface area contributed by atoms with Crippen LogP contribution in [0.15, 0.2) is 18.3 Å². The molecule has 1 fully saturated rings. The molecule has 8 heteroatoms. The second-order valence-electron chi connectivity index (χ2n) is 6.94. The van der Waals surface area contributed by atoms with E-state index in [0.29, 0.717) is 38.9 Å². The summed E-state index contributed by atoms with van der Waals surface area (Å²) in [5, 5.41) is 2.98. The van der Waals surface area contributed by atoms with Gasteiger partial charge in [0.1, 0.15) is 5.82 Å². The highest BCUT2D eigenvalue weighted by Gasteiger charge is 2.30. The van der Waals surface area contributed by atoms with E-state index >= 15 is 0 Å². The maximum absolute atomic E-state index is 12.5. The van der Waals surface area contributed by atoms with Gasteiger partial charge in [0.05, 0.1) is 5.75 Å². The van der Waals surface area contributed by atoms with Crippen LogP contribution in [0, 0.1) is 5.92 Å². The Hall–Kier alpha value is -1.67. The first-order valence-electron chi connectivity index (χ1n) is 9.22. The summed E-state index contributed by atoms with van der Waals surface area (Å²) in [6, 6.07) is 3.81. The standard InChI is InChI=1S/C18H30N4O3S/c1-4-5-13-26(24,25)22-11-8-15(9-12-22)18(23)20-14-16-7-6-10-19-17(16)21(2)3/h6-7,10,15H,4-5,8-9,11-14H2,1-3H3,(H,20,23). The van der Waals surface area contributed by atoms with Gasteiger partial charge in [0.25, 0.3) is 0 Å². The van der Waals surface area contributed by atoms with Crippen molar-refractivity contribution in [2.75, 3.05) is 37.8 Å². The smallest absolute Gasteiger partial charge is 0.223 e. The molecular weight excluding hydrogens is 352 g/mol. The van der Waals surface area contributed by atoms with Crippen LogP contribution >= 0.6 is 0 Å². The fourth-order valence-corrected chi connectivity index (χ4v) is 4.83. The first-order chi connectivity index (χ1) is 12.3. The molecule has 1 amide bonds. The van der Waals surface area contributed by atoms with Gasteiger partial charge in [-0.3, -0.25) is 4.79 Å². The number of rotatable bonds is 8. The van der Waals surface area contributed by atoms with E-state index < -0.39 is 10.0 Å². The molecule has 0 unspecified atom stereocenters. The summed E-state index contributed by atoms with van der Waals surface area (Å²) in [6.07, 6.45) is 4.42. The number of hydrogen-bond acceptors (Lipinski definition) is 5. The van der Waals surface area contributed by atoms with E-state index in [9.17, 15) is 13.2 Å². The molecule has 26 heavy (non-hydrogen) atoms. The first-order valence-corrected chi connectivity index (χ1v) is 10.8. The van der Waals surface area contributed by atoms with Crippen LogP contribution in [0.3, 0.4) is 0 Å². The number of amides is 1. The number of aromatic nitrogens is 1. The molecule has 1 aliphatic heterocycles. The van der Waals surface area contributed by atoms with Crippen LogP contribution in [0.5, 0.6) is 0 Å². The second kappa shape index (κ2) is 9.32. The lowest BCUT2D eigenvalue weighted by atomic mass is 9.97. The van der Waals surface area contributed by atoms with E-state index in [2.05, 4.69) is 10.3 Å². The maximum atomic E-state index is 12.5. The summed E-state index contributed by atoms with van der Waals surface area (Å²) in [6.45, 7) is 3.27. The van der Waals surface area contributed by atoms with E-state index in [4.69, 9.17) is 0 Å². The van der Waals surface area contributed by atoms with Crippen molar-refractivity contribution in [3.63, 3.8) is 0 Å². The molecule has 2 heterocycles. The fourth-order valence-electron chi connectivity index (χ4n) is 3.15. The average Bonchev–Trinajstić information content (AvgIpc) is 2.64. The molecule has 1 saturated heterocycles. The summed E-state index contributed by atoms with van der Waals surface area (Å²) >= 11 is 0.